The van der Waals surface area contributed by atoms with Gasteiger partial charge in [-0.1, -0.05) is 18.2 Å². The summed E-state index contributed by atoms with van der Waals surface area (Å²) in [5.74, 6) is -2.61. The molecular weight excluding hydrogens is 348 g/mol. The first-order valence-corrected chi connectivity index (χ1v) is 8.09. The van der Waals surface area contributed by atoms with Crippen molar-refractivity contribution in [3.63, 3.8) is 0 Å². The van der Waals surface area contributed by atoms with Crippen LogP contribution in [0, 0.1) is 13.8 Å². The number of rotatable bonds is 3. The van der Waals surface area contributed by atoms with Gasteiger partial charge in [-0.2, -0.15) is 0 Å². The number of barbiturate groups is 1. The average molecular weight is 364 g/mol. The van der Waals surface area contributed by atoms with Gasteiger partial charge in [0.15, 0.2) is 0 Å². The molecule has 2 aromatic carbocycles. The maximum Gasteiger partial charge on any atom is 0.335 e. The van der Waals surface area contributed by atoms with Crippen LogP contribution in [0.25, 0.3) is 6.08 Å². The lowest BCUT2D eigenvalue weighted by molar-refractivity contribution is -0.122. The van der Waals surface area contributed by atoms with Crippen LogP contribution in [0.15, 0.2) is 48.0 Å². The number of hydrogen-bond donors (Lipinski definition) is 2. The van der Waals surface area contributed by atoms with Gasteiger partial charge >= 0.3 is 12.0 Å². The van der Waals surface area contributed by atoms with Crippen LogP contribution in [-0.2, 0) is 9.59 Å². The molecule has 0 saturated carbocycles. The summed E-state index contributed by atoms with van der Waals surface area (Å²) in [5.41, 5.74) is 2.46. The lowest BCUT2D eigenvalue weighted by Gasteiger charge is -2.27. The Morgan fingerprint density at radius 3 is 2.15 bits per heavy atom. The third kappa shape index (κ3) is 3.62. The Morgan fingerprint density at radius 2 is 1.59 bits per heavy atom. The number of amides is 4. The minimum absolute atomic E-state index is 0.0867. The maximum absolute atomic E-state index is 12.8. The number of aromatic carboxylic acids is 1. The summed E-state index contributed by atoms with van der Waals surface area (Å²) in [7, 11) is 0. The first-order chi connectivity index (χ1) is 12.8. The van der Waals surface area contributed by atoms with Gasteiger partial charge in [-0.05, 0) is 60.9 Å². The van der Waals surface area contributed by atoms with Crippen molar-refractivity contribution in [2.75, 3.05) is 4.90 Å². The van der Waals surface area contributed by atoms with Crippen molar-refractivity contribution >= 4 is 35.6 Å². The number of nitrogens with one attached hydrogen (secondary N) is 1. The molecule has 7 heteroatoms. The number of anilines is 1. The van der Waals surface area contributed by atoms with Gasteiger partial charge < -0.3 is 5.11 Å². The van der Waals surface area contributed by atoms with Crippen molar-refractivity contribution in [2.45, 2.75) is 13.8 Å². The molecule has 136 valence electrons. The van der Waals surface area contributed by atoms with Crippen molar-refractivity contribution in [3.05, 3.63) is 70.3 Å². The monoisotopic (exact) mass is 364 g/mol. The zero-order valence-electron chi connectivity index (χ0n) is 14.6. The molecule has 27 heavy (non-hydrogen) atoms. The van der Waals surface area contributed by atoms with Crippen LogP contribution < -0.4 is 10.2 Å². The number of carbonyl (C=O) groups is 4. The normalized spacial score (nSPS) is 15.9. The van der Waals surface area contributed by atoms with Crippen LogP contribution in [0.5, 0.6) is 0 Å². The molecule has 2 N–H and O–H groups in total. The second-order valence-corrected chi connectivity index (χ2v) is 6.23. The van der Waals surface area contributed by atoms with Crippen molar-refractivity contribution in [1.29, 1.82) is 0 Å². The summed E-state index contributed by atoms with van der Waals surface area (Å²) in [6, 6.07) is 10.2. The van der Waals surface area contributed by atoms with E-state index in [0.29, 0.717) is 11.3 Å². The third-order valence-corrected chi connectivity index (χ3v) is 4.03. The second-order valence-electron chi connectivity index (χ2n) is 6.23. The molecule has 0 bridgehead atoms. The third-order valence-electron chi connectivity index (χ3n) is 4.03. The van der Waals surface area contributed by atoms with Gasteiger partial charge in [0.1, 0.15) is 5.57 Å². The minimum Gasteiger partial charge on any atom is -0.478 e. The van der Waals surface area contributed by atoms with Crippen LogP contribution in [0.3, 0.4) is 0 Å². The summed E-state index contributed by atoms with van der Waals surface area (Å²) in [6.45, 7) is 3.68. The van der Waals surface area contributed by atoms with E-state index in [4.69, 9.17) is 5.11 Å². The molecule has 1 heterocycles. The van der Waals surface area contributed by atoms with E-state index in [1.54, 1.807) is 12.1 Å². The van der Waals surface area contributed by atoms with Crippen molar-refractivity contribution in [3.8, 4) is 0 Å². The Kier molecular flexibility index (Phi) is 4.60. The average Bonchev–Trinajstić information content (AvgIpc) is 2.58. The first-order valence-electron chi connectivity index (χ1n) is 8.09. The number of nitrogens with zero attached hydrogens (tertiary/aromatic N) is 1. The van der Waals surface area contributed by atoms with E-state index in [1.807, 2.05) is 19.9 Å². The number of hydrogen-bond acceptors (Lipinski definition) is 4. The first kappa shape index (κ1) is 18.1. The SMILES string of the molecule is Cc1cc(C)cc(N2C(=O)NC(=O)/C(=C/c3ccc(C(=O)O)cc3)C2=O)c1. The van der Waals surface area contributed by atoms with Crippen molar-refractivity contribution in [2.24, 2.45) is 0 Å². The fourth-order valence-corrected chi connectivity index (χ4v) is 2.86. The Morgan fingerprint density at radius 1 is 1.00 bits per heavy atom. The molecule has 4 amide bonds. The Labute approximate surface area is 154 Å². The Balaban J connectivity index is 2.00. The standard InChI is InChI=1S/C20H16N2O5/c1-11-7-12(2)9-15(8-11)22-18(24)16(17(23)21-20(22)27)10-13-3-5-14(6-4-13)19(25)26/h3-10H,1-2H3,(H,25,26)(H,21,23,27)/b16-10-. The van der Waals surface area contributed by atoms with E-state index in [0.717, 1.165) is 16.0 Å². The van der Waals surface area contributed by atoms with Gasteiger partial charge in [0.05, 0.1) is 11.3 Å². The van der Waals surface area contributed by atoms with Crippen molar-refractivity contribution in [1.82, 2.24) is 5.32 Å². The van der Waals surface area contributed by atoms with Crippen LogP contribution in [0.4, 0.5) is 10.5 Å². The van der Waals surface area contributed by atoms with Gasteiger partial charge in [-0.25, -0.2) is 14.5 Å². The van der Waals surface area contributed by atoms with E-state index in [9.17, 15) is 19.2 Å². The molecule has 7 nitrogen and oxygen atoms in total. The molecular formula is C20H16N2O5. The summed E-state index contributed by atoms with van der Waals surface area (Å²) < 4.78 is 0. The molecule has 2 aromatic rings. The van der Waals surface area contributed by atoms with E-state index in [-0.39, 0.29) is 11.1 Å². The quantitative estimate of drug-likeness (QED) is 0.644. The van der Waals surface area contributed by atoms with Crippen LogP contribution in [0.1, 0.15) is 27.0 Å². The topological polar surface area (TPSA) is 104 Å². The predicted octanol–water partition coefficient (Wildman–Crippen LogP) is 2.67. The number of benzene rings is 2. The molecule has 0 aliphatic carbocycles. The zero-order chi connectivity index (χ0) is 19.7. The Hall–Kier alpha value is -3.74. The lowest BCUT2D eigenvalue weighted by Crippen LogP contribution is -2.54. The van der Waals surface area contributed by atoms with E-state index >= 15 is 0 Å². The van der Waals surface area contributed by atoms with Gasteiger partial charge in [0.2, 0.25) is 0 Å². The molecule has 1 fully saturated rings. The molecule has 0 aromatic heterocycles. The molecule has 0 atom stereocenters. The molecule has 1 aliphatic rings. The smallest absolute Gasteiger partial charge is 0.335 e. The zero-order valence-corrected chi connectivity index (χ0v) is 14.6. The summed E-state index contributed by atoms with van der Waals surface area (Å²) >= 11 is 0. The summed E-state index contributed by atoms with van der Waals surface area (Å²) in [6.07, 6.45) is 1.32. The van der Waals surface area contributed by atoms with Gasteiger partial charge in [-0.15, -0.1) is 0 Å². The van der Waals surface area contributed by atoms with Gasteiger partial charge in [0.25, 0.3) is 11.8 Å². The highest BCUT2D eigenvalue weighted by molar-refractivity contribution is 6.39. The number of urea groups is 1. The second kappa shape index (κ2) is 6.87. The molecule has 0 spiro atoms. The molecule has 0 radical (unpaired) electrons. The Bertz CT molecular complexity index is 985. The number of carbonyl (C=O) groups excluding carboxylic acids is 3. The lowest BCUT2D eigenvalue weighted by atomic mass is 10.0. The van der Waals surface area contributed by atoms with Gasteiger partial charge in [-0.3, -0.25) is 14.9 Å². The maximum atomic E-state index is 12.8. The van der Waals surface area contributed by atoms with E-state index in [2.05, 4.69) is 5.32 Å². The van der Waals surface area contributed by atoms with Crippen molar-refractivity contribution < 1.29 is 24.3 Å². The predicted molar refractivity (Wildman–Crippen MR) is 98.3 cm³/mol. The molecule has 0 unspecified atom stereocenters. The molecule has 1 saturated heterocycles. The van der Waals surface area contributed by atoms with Crippen LogP contribution >= 0.6 is 0 Å². The summed E-state index contributed by atoms with van der Waals surface area (Å²) in [4.78, 5) is 49.1. The van der Waals surface area contributed by atoms with Gasteiger partial charge in [0, 0.05) is 0 Å². The van der Waals surface area contributed by atoms with Crippen LogP contribution in [-0.4, -0.2) is 28.9 Å². The van der Waals surface area contributed by atoms with E-state index < -0.39 is 23.8 Å². The molecule has 3 rings (SSSR count). The number of imide groups is 2. The highest BCUT2D eigenvalue weighted by atomic mass is 16.4. The molecule has 1 aliphatic heterocycles. The number of carboxylic acid groups (broad SMARTS) is 1. The minimum atomic E-state index is -1.08. The van der Waals surface area contributed by atoms with Crippen LogP contribution in [0.2, 0.25) is 0 Å². The fraction of sp³-hybridized carbons (Fsp3) is 0.100. The highest BCUT2D eigenvalue weighted by Gasteiger charge is 2.36. The number of aryl methyl sites for hydroxylation is 2. The fourth-order valence-electron chi connectivity index (χ4n) is 2.86. The number of carboxylic acids is 1. The summed E-state index contributed by atoms with van der Waals surface area (Å²) in [5, 5.41) is 11.1. The van der Waals surface area contributed by atoms with E-state index in [1.165, 1.54) is 30.3 Å². The largest absolute Gasteiger partial charge is 0.478 e. The highest BCUT2D eigenvalue weighted by Crippen LogP contribution is 2.24.